The van der Waals surface area contributed by atoms with Crippen molar-refractivity contribution in [2.75, 3.05) is 5.73 Å². The van der Waals surface area contributed by atoms with Gasteiger partial charge in [0.05, 0.1) is 5.69 Å². The molecule has 1 aromatic heterocycles. The largest absolute Gasteiger partial charge is 0.398 e. The molecule has 0 spiro atoms. The fourth-order valence-corrected chi connectivity index (χ4v) is 1.45. The molecular weight excluding hydrogens is 200 g/mol. The standard InChI is InChI=1S/C12H14N4/c13-12-6-2-1-4-10(12)8-14-9-11-5-3-7-15-16-11/h1-7,14H,8-9,13H2. The minimum Gasteiger partial charge on any atom is -0.398 e. The minimum atomic E-state index is 0.697. The topological polar surface area (TPSA) is 63.8 Å². The maximum absolute atomic E-state index is 5.83. The summed E-state index contributed by atoms with van der Waals surface area (Å²) in [5, 5.41) is 11.1. The first kappa shape index (κ1) is 10.6. The molecule has 0 fully saturated rings. The minimum absolute atomic E-state index is 0.697. The van der Waals surface area contributed by atoms with Gasteiger partial charge in [-0.15, -0.1) is 0 Å². The second-order valence-electron chi connectivity index (χ2n) is 3.52. The number of nitrogens with one attached hydrogen (secondary N) is 1. The summed E-state index contributed by atoms with van der Waals surface area (Å²) in [6.07, 6.45) is 1.67. The highest BCUT2D eigenvalue weighted by atomic mass is 15.1. The molecule has 0 unspecified atom stereocenters. The second-order valence-corrected chi connectivity index (χ2v) is 3.52. The molecule has 0 aliphatic carbocycles. The quantitative estimate of drug-likeness (QED) is 0.754. The molecule has 4 heteroatoms. The van der Waals surface area contributed by atoms with Crippen molar-refractivity contribution in [3.63, 3.8) is 0 Å². The van der Waals surface area contributed by atoms with Gasteiger partial charge < -0.3 is 11.1 Å². The van der Waals surface area contributed by atoms with E-state index in [-0.39, 0.29) is 0 Å². The van der Waals surface area contributed by atoms with Crippen molar-refractivity contribution >= 4 is 5.69 Å². The molecule has 0 aliphatic rings. The van der Waals surface area contributed by atoms with Crippen LogP contribution in [-0.2, 0) is 13.1 Å². The molecule has 1 heterocycles. The fraction of sp³-hybridized carbons (Fsp3) is 0.167. The summed E-state index contributed by atoms with van der Waals surface area (Å²) in [5.41, 5.74) is 8.68. The summed E-state index contributed by atoms with van der Waals surface area (Å²) in [5.74, 6) is 0. The molecule has 16 heavy (non-hydrogen) atoms. The Balaban J connectivity index is 1.87. The Bertz CT molecular complexity index is 442. The molecule has 4 nitrogen and oxygen atoms in total. The molecule has 3 N–H and O–H groups in total. The molecule has 0 radical (unpaired) electrons. The van der Waals surface area contributed by atoms with Gasteiger partial charge in [-0.05, 0) is 23.8 Å². The highest BCUT2D eigenvalue weighted by molar-refractivity contribution is 5.46. The smallest absolute Gasteiger partial charge is 0.0769 e. The van der Waals surface area contributed by atoms with Gasteiger partial charge in [0.25, 0.3) is 0 Å². The van der Waals surface area contributed by atoms with Gasteiger partial charge in [-0.25, -0.2) is 0 Å². The van der Waals surface area contributed by atoms with Gasteiger partial charge in [0.1, 0.15) is 0 Å². The normalized spacial score (nSPS) is 10.2. The van der Waals surface area contributed by atoms with E-state index in [0.717, 1.165) is 23.5 Å². The van der Waals surface area contributed by atoms with E-state index in [0.29, 0.717) is 6.54 Å². The van der Waals surface area contributed by atoms with E-state index in [1.807, 2.05) is 36.4 Å². The van der Waals surface area contributed by atoms with Crippen LogP contribution in [0.3, 0.4) is 0 Å². The van der Waals surface area contributed by atoms with Crippen LogP contribution < -0.4 is 11.1 Å². The van der Waals surface area contributed by atoms with Gasteiger partial charge in [-0.3, -0.25) is 0 Å². The van der Waals surface area contributed by atoms with E-state index in [9.17, 15) is 0 Å². The summed E-state index contributed by atoms with van der Waals surface area (Å²) in [6, 6.07) is 11.6. The van der Waals surface area contributed by atoms with Crippen molar-refractivity contribution in [3.05, 3.63) is 53.9 Å². The first-order valence-electron chi connectivity index (χ1n) is 5.17. The Morgan fingerprint density at radius 1 is 1.06 bits per heavy atom. The van der Waals surface area contributed by atoms with Crippen LogP contribution in [0.4, 0.5) is 5.69 Å². The number of nitrogens with two attached hydrogens (primary N) is 1. The van der Waals surface area contributed by atoms with Gasteiger partial charge in [0, 0.05) is 25.0 Å². The van der Waals surface area contributed by atoms with Gasteiger partial charge in [-0.1, -0.05) is 18.2 Å². The number of rotatable bonds is 4. The lowest BCUT2D eigenvalue weighted by molar-refractivity contribution is 0.671. The Hall–Kier alpha value is -1.94. The molecule has 0 saturated heterocycles. The van der Waals surface area contributed by atoms with Gasteiger partial charge in [0.2, 0.25) is 0 Å². The van der Waals surface area contributed by atoms with Crippen LogP contribution in [0, 0.1) is 0 Å². The van der Waals surface area contributed by atoms with Crippen LogP contribution in [0.25, 0.3) is 0 Å². The lowest BCUT2D eigenvalue weighted by Gasteiger charge is -2.06. The van der Waals surface area contributed by atoms with E-state index >= 15 is 0 Å². The first-order valence-corrected chi connectivity index (χ1v) is 5.17. The number of benzene rings is 1. The molecule has 82 valence electrons. The zero-order valence-corrected chi connectivity index (χ0v) is 8.93. The predicted octanol–water partition coefficient (Wildman–Crippen LogP) is 1.35. The number of nitrogens with zero attached hydrogens (tertiary/aromatic N) is 2. The summed E-state index contributed by atoms with van der Waals surface area (Å²) in [7, 11) is 0. The van der Waals surface area contributed by atoms with Crippen molar-refractivity contribution in [2.45, 2.75) is 13.1 Å². The Morgan fingerprint density at radius 2 is 1.94 bits per heavy atom. The molecule has 0 bridgehead atoms. The molecule has 2 rings (SSSR count). The van der Waals surface area contributed by atoms with E-state index in [4.69, 9.17) is 5.73 Å². The molecule has 0 saturated carbocycles. The Labute approximate surface area is 94.5 Å². The molecule has 0 atom stereocenters. The van der Waals surface area contributed by atoms with E-state index in [1.165, 1.54) is 0 Å². The molecular formula is C12H14N4. The zero-order valence-electron chi connectivity index (χ0n) is 8.93. The van der Waals surface area contributed by atoms with Crippen LogP contribution in [0.1, 0.15) is 11.3 Å². The van der Waals surface area contributed by atoms with Crippen molar-refractivity contribution in [2.24, 2.45) is 0 Å². The van der Waals surface area contributed by atoms with Gasteiger partial charge in [0.15, 0.2) is 0 Å². The number of nitrogen functional groups attached to an aromatic ring is 1. The predicted molar refractivity (Wildman–Crippen MR) is 63.4 cm³/mol. The molecule has 1 aromatic carbocycles. The van der Waals surface area contributed by atoms with Crippen LogP contribution in [0.5, 0.6) is 0 Å². The monoisotopic (exact) mass is 214 g/mol. The molecule has 0 amide bonds. The Kier molecular flexibility index (Phi) is 3.46. The summed E-state index contributed by atoms with van der Waals surface area (Å²) in [6.45, 7) is 1.44. The van der Waals surface area contributed by atoms with Crippen LogP contribution >= 0.6 is 0 Å². The van der Waals surface area contributed by atoms with Crippen LogP contribution in [0.2, 0.25) is 0 Å². The summed E-state index contributed by atoms with van der Waals surface area (Å²) in [4.78, 5) is 0. The van der Waals surface area contributed by atoms with Crippen molar-refractivity contribution < 1.29 is 0 Å². The lowest BCUT2D eigenvalue weighted by Crippen LogP contribution is -2.14. The summed E-state index contributed by atoms with van der Waals surface area (Å²) < 4.78 is 0. The highest BCUT2D eigenvalue weighted by Crippen LogP contribution is 2.09. The number of hydrogen-bond donors (Lipinski definition) is 2. The number of hydrogen-bond acceptors (Lipinski definition) is 4. The zero-order chi connectivity index (χ0) is 11.2. The average molecular weight is 214 g/mol. The molecule has 0 aliphatic heterocycles. The Morgan fingerprint density at radius 3 is 2.69 bits per heavy atom. The van der Waals surface area contributed by atoms with Crippen molar-refractivity contribution in [1.82, 2.24) is 15.5 Å². The van der Waals surface area contributed by atoms with Crippen molar-refractivity contribution in [1.29, 1.82) is 0 Å². The molecule has 2 aromatic rings. The average Bonchev–Trinajstić information content (AvgIpc) is 2.33. The maximum atomic E-state index is 5.83. The van der Waals surface area contributed by atoms with E-state index in [2.05, 4.69) is 15.5 Å². The lowest BCUT2D eigenvalue weighted by atomic mass is 10.2. The fourth-order valence-electron chi connectivity index (χ4n) is 1.45. The third kappa shape index (κ3) is 2.77. The number of anilines is 1. The third-order valence-electron chi connectivity index (χ3n) is 2.30. The van der Waals surface area contributed by atoms with Gasteiger partial charge in [-0.2, -0.15) is 10.2 Å². The number of aromatic nitrogens is 2. The highest BCUT2D eigenvalue weighted by Gasteiger charge is 1.97. The first-order chi connectivity index (χ1) is 7.86. The third-order valence-corrected chi connectivity index (χ3v) is 2.30. The van der Waals surface area contributed by atoms with Crippen molar-refractivity contribution in [3.8, 4) is 0 Å². The maximum Gasteiger partial charge on any atom is 0.0769 e. The van der Waals surface area contributed by atoms with E-state index < -0.39 is 0 Å². The number of para-hydroxylation sites is 1. The van der Waals surface area contributed by atoms with E-state index in [1.54, 1.807) is 6.20 Å². The SMILES string of the molecule is Nc1ccccc1CNCc1cccnn1. The van der Waals surface area contributed by atoms with Gasteiger partial charge >= 0.3 is 0 Å². The summed E-state index contributed by atoms with van der Waals surface area (Å²) >= 11 is 0. The second kappa shape index (κ2) is 5.23. The van der Waals surface area contributed by atoms with Crippen LogP contribution in [-0.4, -0.2) is 10.2 Å². The van der Waals surface area contributed by atoms with Crippen LogP contribution in [0.15, 0.2) is 42.6 Å².